The number of nitrogens with zero attached hydrogens (tertiary/aromatic N) is 2. The van der Waals surface area contributed by atoms with Crippen molar-refractivity contribution < 1.29 is 4.74 Å². The van der Waals surface area contributed by atoms with Crippen LogP contribution in [0.1, 0.15) is 25.7 Å². The molecule has 2 aromatic rings. The van der Waals surface area contributed by atoms with Gasteiger partial charge in [-0.1, -0.05) is 0 Å². The molecule has 0 aliphatic rings. The third-order valence-electron chi connectivity index (χ3n) is 2.95. The van der Waals surface area contributed by atoms with Gasteiger partial charge in [0.05, 0.1) is 23.7 Å². The Morgan fingerprint density at radius 2 is 2.18 bits per heavy atom. The molecule has 1 aromatic carbocycles. The molecule has 0 saturated heterocycles. The zero-order valence-electron chi connectivity index (χ0n) is 10.8. The van der Waals surface area contributed by atoms with E-state index in [1.54, 1.807) is 0 Å². The van der Waals surface area contributed by atoms with Gasteiger partial charge in [-0.3, -0.25) is 4.90 Å². The van der Waals surface area contributed by atoms with Gasteiger partial charge < -0.3 is 9.72 Å². The van der Waals surface area contributed by atoms with Gasteiger partial charge in [0.15, 0.2) is 0 Å². The van der Waals surface area contributed by atoms with Crippen LogP contribution in [0.4, 0.5) is 0 Å². The lowest BCUT2D eigenvalue weighted by atomic mass is 10.3. The van der Waals surface area contributed by atoms with E-state index in [2.05, 4.69) is 21.8 Å². The number of nitrogens with one attached hydrogen (secondary N) is 1. The number of ether oxygens (including phenoxy) is 1. The normalized spacial score (nSPS) is 13.2. The predicted molar refractivity (Wildman–Crippen MR) is 69.4 cm³/mol. The second-order valence-corrected chi connectivity index (χ2v) is 4.37. The molecule has 0 radical (unpaired) electrons. The van der Waals surface area contributed by atoms with E-state index in [0.717, 1.165) is 22.6 Å². The minimum absolute atomic E-state index is 0.276. The first kappa shape index (κ1) is 11.9. The molecule has 1 aromatic heterocycles. The average molecular weight is 233 g/mol. The summed E-state index contributed by atoms with van der Waals surface area (Å²) in [6.07, 6.45) is 0. The van der Waals surface area contributed by atoms with E-state index in [0.29, 0.717) is 6.61 Å². The van der Waals surface area contributed by atoms with Crippen molar-refractivity contribution in [2.75, 3.05) is 20.7 Å². The summed E-state index contributed by atoms with van der Waals surface area (Å²) in [5.74, 6) is 1.87. The quantitative estimate of drug-likeness (QED) is 0.882. The second kappa shape index (κ2) is 4.75. The molecule has 0 aliphatic heterocycles. The van der Waals surface area contributed by atoms with Crippen molar-refractivity contribution in [2.45, 2.75) is 19.9 Å². The molecule has 4 nitrogen and oxygen atoms in total. The smallest absolute Gasteiger partial charge is 0.124 e. The number of imidazole rings is 1. The summed E-state index contributed by atoms with van der Waals surface area (Å²) >= 11 is 0. The van der Waals surface area contributed by atoms with Crippen LogP contribution in [0.25, 0.3) is 11.0 Å². The average Bonchev–Trinajstić information content (AvgIpc) is 2.71. The van der Waals surface area contributed by atoms with Crippen molar-refractivity contribution in [1.29, 1.82) is 0 Å². The van der Waals surface area contributed by atoms with Gasteiger partial charge in [0.2, 0.25) is 0 Å². The summed E-state index contributed by atoms with van der Waals surface area (Å²) in [4.78, 5) is 10.1. The van der Waals surface area contributed by atoms with Crippen LogP contribution in [-0.2, 0) is 0 Å². The molecule has 1 atom stereocenters. The largest absolute Gasteiger partial charge is 0.494 e. The molecule has 0 bridgehead atoms. The molecule has 0 saturated carbocycles. The van der Waals surface area contributed by atoms with Crippen LogP contribution >= 0.6 is 0 Å². The number of H-pyrrole nitrogens is 1. The Hall–Kier alpha value is -1.55. The molecule has 1 heterocycles. The number of aromatic nitrogens is 2. The molecule has 0 aliphatic carbocycles. The SMILES string of the molecule is CCOc1ccc2nc(C(C)N(C)C)[nH]c2c1. The van der Waals surface area contributed by atoms with Gasteiger partial charge >= 0.3 is 0 Å². The van der Waals surface area contributed by atoms with Crippen LogP contribution in [-0.4, -0.2) is 35.6 Å². The van der Waals surface area contributed by atoms with Crippen LogP contribution in [0, 0.1) is 0 Å². The first-order chi connectivity index (χ1) is 8.11. The maximum Gasteiger partial charge on any atom is 0.124 e. The van der Waals surface area contributed by atoms with E-state index in [-0.39, 0.29) is 6.04 Å². The summed E-state index contributed by atoms with van der Waals surface area (Å²) in [5.41, 5.74) is 2.01. The number of rotatable bonds is 4. The molecule has 1 N–H and O–H groups in total. The van der Waals surface area contributed by atoms with Crippen molar-refractivity contribution >= 4 is 11.0 Å². The standard InChI is InChI=1S/C13H19N3O/c1-5-17-10-6-7-11-12(8-10)15-13(14-11)9(2)16(3)4/h6-9H,5H2,1-4H3,(H,14,15). The highest BCUT2D eigenvalue weighted by molar-refractivity contribution is 5.76. The minimum atomic E-state index is 0.276. The number of fused-ring (bicyclic) bond motifs is 1. The number of aromatic amines is 1. The number of hydrogen-bond acceptors (Lipinski definition) is 3. The highest BCUT2D eigenvalue weighted by atomic mass is 16.5. The van der Waals surface area contributed by atoms with Crippen molar-refractivity contribution in [3.63, 3.8) is 0 Å². The van der Waals surface area contributed by atoms with E-state index in [1.807, 2.05) is 39.2 Å². The monoisotopic (exact) mass is 233 g/mol. The molecule has 1 unspecified atom stereocenters. The highest BCUT2D eigenvalue weighted by Crippen LogP contribution is 2.22. The zero-order chi connectivity index (χ0) is 12.4. The molecule has 17 heavy (non-hydrogen) atoms. The van der Waals surface area contributed by atoms with Crippen molar-refractivity contribution in [1.82, 2.24) is 14.9 Å². The summed E-state index contributed by atoms with van der Waals surface area (Å²) < 4.78 is 5.47. The lowest BCUT2D eigenvalue weighted by molar-refractivity contribution is 0.310. The fourth-order valence-corrected chi connectivity index (χ4v) is 1.71. The Morgan fingerprint density at radius 1 is 1.41 bits per heavy atom. The zero-order valence-corrected chi connectivity index (χ0v) is 10.8. The fraction of sp³-hybridized carbons (Fsp3) is 0.462. The van der Waals surface area contributed by atoms with Gasteiger partial charge in [0, 0.05) is 6.07 Å². The van der Waals surface area contributed by atoms with Gasteiger partial charge in [-0.25, -0.2) is 4.98 Å². The van der Waals surface area contributed by atoms with Crippen LogP contribution in [0.15, 0.2) is 18.2 Å². The van der Waals surface area contributed by atoms with Gasteiger partial charge in [0.25, 0.3) is 0 Å². The number of hydrogen-bond donors (Lipinski definition) is 1. The minimum Gasteiger partial charge on any atom is -0.494 e. The van der Waals surface area contributed by atoms with Crippen molar-refractivity contribution in [3.05, 3.63) is 24.0 Å². The van der Waals surface area contributed by atoms with Crippen LogP contribution in [0.2, 0.25) is 0 Å². The van der Waals surface area contributed by atoms with E-state index in [4.69, 9.17) is 4.74 Å². The lowest BCUT2D eigenvalue weighted by Crippen LogP contribution is -2.17. The fourth-order valence-electron chi connectivity index (χ4n) is 1.71. The number of benzene rings is 1. The summed E-state index contributed by atoms with van der Waals surface area (Å²) in [6, 6.07) is 6.22. The molecular formula is C13H19N3O. The second-order valence-electron chi connectivity index (χ2n) is 4.37. The third kappa shape index (κ3) is 2.42. The van der Waals surface area contributed by atoms with E-state index < -0.39 is 0 Å². The molecule has 4 heteroatoms. The Bertz CT molecular complexity index is 504. The van der Waals surface area contributed by atoms with Gasteiger partial charge in [-0.05, 0) is 40.1 Å². The van der Waals surface area contributed by atoms with Crippen LogP contribution in [0.5, 0.6) is 5.75 Å². The molecule has 0 spiro atoms. The Balaban J connectivity index is 2.36. The molecule has 92 valence electrons. The summed E-state index contributed by atoms with van der Waals surface area (Å²) in [6.45, 7) is 4.79. The van der Waals surface area contributed by atoms with Crippen LogP contribution in [0.3, 0.4) is 0 Å². The first-order valence-electron chi connectivity index (χ1n) is 5.90. The van der Waals surface area contributed by atoms with E-state index in [1.165, 1.54) is 0 Å². The molecule has 0 fully saturated rings. The Morgan fingerprint density at radius 3 is 2.82 bits per heavy atom. The maximum atomic E-state index is 5.47. The van der Waals surface area contributed by atoms with Crippen LogP contribution < -0.4 is 4.74 Å². The maximum absolute atomic E-state index is 5.47. The summed E-state index contributed by atoms with van der Waals surface area (Å²) in [5, 5.41) is 0. The predicted octanol–water partition coefficient (Wildman–Crippen LogP) is 2.58. The van der Waals surface area contributed by atoms with Crippen molar-refractivity contribution in [2.24, 2.45) is 0 Å². The topological polar surface area (TPSA) is 41.1 Å². The van der Waals surface area contributed by atoms with Gasteiger partial charge in [-0.2, -0.15) is 0 Å². The van der Waals surface area contributed by atoms with E-state index in [9.17, 15) is 0 Å². The third-order valence-corrected chi connectivity index (χ3v) is 2.95. The Labute approximate surface area is 102 Å². The van der Waals surface area contributed by atoms with Gasteiger partial charge in [-0.15, -0.1) is 0 Å². The van der Waals surface area contributed by atoms with Crippen molar-refractivity contribution in [3.8, 4) is 5.75 Å². The summed E-state index contributed by atoms with van der Waals surface area (Å²) in [7, 11) is 4.09. The van der Waals surface area contributed by atoms with Gasteiger partial charge in [0.1, 0.15) is 11.6 Å². The lowest BCUT2D eigenvalue weighted by Gasteiger charge is -2.16. The highest BCUT2D eigenvalue weighted by Gasteiger charge is 2.12. The van der Waals surface area contributed by atoms with E-state index >= 15 is 0 Å². The first-order valence-corrected chi connectivity index (χ1v) is 5.90. The molecule has 2 rings (SSSR count). The Kier molecular flexibility index (Phi) is 3.33. The molecular weight excluding hydrogens is 214 g/mol. The molecule has 0 amide bonds.